The average Bonchev–Trinajstić information content (AvgIpc) is 2.75. The van der Waals surface area contributed by atoms with Crippen LogP contribution in [0.25, 0.3) is 0 Å². The van der Waals surface area contributed by atoms with E-state index in [9.17, 15) is 4.79 Å². The highest BCUT2D eigenvalue weighted by Gasteiger charge is 2.53. The summed E-state index contributed by atoms with van der Waals surface area (Å²) in [7, 11) is -0.236. The lowest BCUT2D eigenvalue weighted by Crippen LogP contribution is -2.50. The molecule has 0 aromatic carbocycles. The number of hydrogen-bond acceptors (Lipinski definition) is 3. The van der Waals surface area contributed by atoms with Gasteiger partial charge in [-0.15, -0.1) is 0 Å². The van der Waals surface area contributed by atoms with Gasteiger partial charge in [-0.2, -0.15) is 0 Å². The summed E-state index contributed by atoms with van der Waals surface area (Å²) in [6.45, 7) is 14.1. The van der Waals surface area contributed by atoms with Gasteiger partial charge in [-0.3, -0.25) is 4.79 Å². The summed E-state index contributed by atoms with van der Waals surface area (Å²) >= 11 is 0. The van der Waals surface area contributed by atoms with Crippen molar-refractivity contribution in [3.63, 3.8) is 0 Å². The molecule has 2 saturated carbocycles. The highest BCUT2D eigenvalue weighted by Crippen LogP contribution is 2.58. The van der Waals surface area contributed by atoms with Crippen molar-refractivity contribution in [1.82, 2.24) is 0 Å². The zero-order chi connectivity index (χ0) is 17.5. The van der Waals surface area contributed by atoms with Crippen molar-refractivity contribution in [2.45, 2.75) is 90.5 Å². The summed E-state index contributed by atoms with van der Waals surface area (Å²) in [6, 6.07) is 0. The number of carbonyl (C=O) groups excluding carboxylic acids is 1. The number of rotatable bonds is 4. The van der Waals surface area contributed by atoms with E-state index in [1.54, 1.807) is 0 Å². The van der Waals surface area contributed by atoms with Crippen LogP contribution in [-0.2, 0) is 14.0 Å². The molecule has 2 aliphatic carbocycles. The lowest BCUT2D eigenvalue weighted by Gasteiger charge is -2.49. The van der Waals surface area contributed by atoms with E-state index in [2.05, 4.69) is 40.8 Å². The summed E-state index contributed by atoms with van der Waals surface area (Å²) in [5, 5.41) is 0.255. The molecule has 0 aromatic heterocycles. The molecule has 0 aromatic rings. The minimum absolute atomic E-state index is 0.0516. The molecule has 2 rings (SSSR count). The summed E-state index contributed by atoms with van der Waals surface area (Å²) in [6.07, 6.45) is 6.97. The highest BCUT2D eigenvalue weighted by molar-refractivity contribution is 6.74. The van der Waals surface area contributed by atoms with E-state index < -0.39 is 8.32 Å². The minimum atomic E-state index is -1.74. The second-order valence-corrected chi connectivity index (χ2v) is 14.2. The summed E-state index contributed by atoms with van der Waals surface area (Å²) < 4.78 is 11.8. The van der Waals surface area contributed by atoms with E-state index in [1.807, 2.05) is 0 Å². The molecule has 2 fully saturated rings. The van der Waals surface area contributed by atoms with Gasteiger partial charge in [0.15, 0.2) is 8.32 Å². The maximum absolute atomic E-state index is 11.8. The first-order chi connectivity index (χ1) is 10.5. The molecule has 0 spiro atoms. The van der Waals surface area contributed by atoms with Crippen LogP contribution in [0.4, 0.5) is 0 Å². The van der Waals surface area contributed by atoms with Crippen LogP contribution < -0.4 is 0 Å². The highest BCUT2D eigenvalue weighted by atomic mass is 28.4. The molecule has 3 nitrogen and oxygen atoms in total. The zero-order valence-electron chi connectivity index (χ0n) is 16.2. The smallest absolute Gasteiger partial charge is 0.305 e. The van der Waals surface area contributed by atoms with Gasteiger partial charge < -0.3 is 9.16 Å². The van der Waals surface area contributed by atoms with E-state index in [-0.39, 0.29) is 16.4 Å². The molecular formula is C19H36O3Si. The van der Waals surface area contributed by atoms with Crippen LogP contribution in [0, 0.1) is 17.3 Å². The number of ether oxygens (including phenoxy) is 1. The van der Waals surface area contributed by atoms with Gasteiger partial charge in [-0.05, 0) is 61.1 Å². The number of carbonyl (C=O) groups is 1. The van der Waals surface area contributed by atoms with Crippen molar-refractivity contribution >= 4 is 14.3 Å². The lowest BCUT2D eigenvalue weighted by atomic mass is 9.64. The molecule has 4 atom stereocenters. The first-order valence-corrected chi connectivity index (χ1v) is 12.2. The third-order valence-corrected chi connectivity index (χ3v) is 11.7. The molecule has 0 heterocycles. The Morgan fingerprint density at radius 1 is 1.22 bits per heavy atom. The molecule has 0 unspecified atom stereocenters. The molecular weight excluding hydrogens is 304 g/mol. The van der Waals surface area contributed by atoms with Gasteiger partial charge >= 0.3 is 5.97 Å². The van der Waals surface area contributed by atoms with Crippen molar-refractivity contribution in [2.24, 2.45) is 17.3 Å². The molecule has 134 valence electrons. The first-order valence-electron chi connectivity index (χ1n) is 9.26. The van der Waals surface area contributed by atoms with E-state index >= 15 is 0 Å². The van der Waals surface area contributed by atoms with Crippen LogP contribution in [-0.4, -0.2) is 27.5 Å². The third kappa shape index (κ3) is 3.68. The Kier molecular flexibility index (Phi) is 5.37. The second kappa shape index (κ2) is 6.51. The van der Waals surface area contributed by atoms with E-state index in [0.29, 0.717) is 24.4 Å². The topological polar surface area (TPSA) is 35.5 Å². The van der Waals surface area contributed by atoms with Gasteiger partial charge in [0.1, 0.15) is 0 Å². The fraction of sp³-hybridized carbons (Fsp3) is 0.947. The van der Waals surface area contributed by atoms with Crippen molar-refractivity contribution in [1.29, 1.82) is 0 Å². The Morgan fingerprint density at radius 3 is 2.43 bits per heavy atom. The Labute approximate surface area is 143 Å². The molecule has 0 aliphatic heterocycles. The van der Waals surface area contributed by atoms with E-state index in [4.69, 9.17) is 9.16 Å². The predicted molar refractivity (Wildman–Crippen MR) is 96.9 cm³/mol. The van der Waals surface area contributed by atoms with Crippen molar-refractivity contribution < 1.29 is 14.0 Å². The molecule has 0 bridgehead atoms. The molecule has 0 radical (unpaired) electrons. The Hall–Kier alpha value is -0.353. The average molecular weight is 341 g/mol. The molecule has 2 aliphatic rings. The van der Waals surface area contributed by atoms with Gasteiger partial charge in [0.2, 0.25) is 0 Å². The van der Waals surface area contributed by atoms with E-state index in [0.717, 1.165) is 6.42 Å². The molecule has 0 N–H and O–H groups in total. The lowest BCUT2D eigenvalue weighted by molar-refractivity contribution is -0.143. The second-order valence-electron chi connectivity index (χ2n) is 9.48. The molecule has 23 heavy (non-hydrogen) atoms. The molecule has 0 saturated heterocycles. The van der Waals surface area contributed by atoms with Crippen LogP contribution in [0.15, 0.2) is 0 Å². The summed E-state index contributed by atoms with van der Waals surface area (Å²) in [4.78, 5) is 11.8. The van der Waals surface area contributed by atoms with Crippen LogP contribution in [0.5, 0.6) is 0 Å². The summed E-state index contributed by atoms with van der Waals surface area (Å²) in [5.74, 6) is 1.02. The van der Waals surface area contributed by atoms with Crippen LogP contribution >= 0.6 is 0 Å². The third-order valence-electron chi connectivity index (χ3n) is 7.15. The first kappa shape index (κ1) is 19.0. The number of fused-ring (bicyclic) bond motifs is 1. The standard InChI is InChI=1S/C19H36O3Si/c1-18(2,3)23(6,7)22-16-9-8-12-19(4)14(10-11-15(16)19)13-17(20)21-5/h14-16H,8-13H2,1-7H3/t14-,15-,16-,19+/m0/s1. The largest absolute Gasteiger partial charge is 0.469 e. The van der Waals surface area contributed by atoms with Gasteiger partial charge in [0.25, 0.3) is 0 Å². The van der Waals surface area contributed by atoms with Crippen molar-refractivity contribution in [3.05, 3.63) is 0 Å². The molecule has 4 heteroatoms. The van der Waals surface area contributed by atoms with Gasteiger partial charge in [0.05, 0.1) is 7.11 Å². The van der Waals surface area contributed by atoms with Crippen LogP contribution in [0.2, 0.25) is 18.1 Å². The zero-order valence-corrected chi connectivity index (χ0v) is 17.2. The maximum atomic E-state index is 11.8. The Bertz CT molecular complexity index is 440. The Balaban J connectivity index is 2.13. The van der Waals surface area contributed by atoms with E-state index in [1.165, 1.54) is 32.8 Å². The monoisotopic (exact) mass is 340 g/mol. The normalized spacial score (nSPS) is 35.0. The summed E-state index contributed by atoms with van der Waals surface area (Å²) in [5.41, 5.74) is 0.249. The van der Waals surface area contributed by atoms with Crippen molar-refractivity contribution in [2.75, 3.05) is 7.11 Å². The fourth-order valence-electron chi connectivity index (χ4n) is 4.54. The van der Waals surface area contributed by atoms with Crippen LogP contribution in [0.3, 0.4) is 0 Å². The Morgan fingerprint density at radius 2 is 1.87 bits per heavy atom. The maximum Gasteiger partial charge on any atom is 0.305 e. The predicted octanol–water partition coefficient (Wildman–Crippen LogP) is 5.16. The van der Waals surface area contributed by atoms with Crippen molar-refractivity contribution in [3.8, 4) is 0 Å². The fourth-order valence-corrected chi connectivity index (χ4v) is 5.94. The quantitative estimate of drug-likeness (QED) is 0.524. The van der Waals surface area contributed by atoms with Crippen LogP contribution in [0.1, 0.15) is 66.2 Å². The SMILES string of the molecule is COC(=O)C[C@@H]1CC[C@H]2[C@@H](O[Si](C)(C)C(C)(C)C)CCC[C@]12C. The van der Waals surface area contributed by atoms with Gasteiger partial charge in [0, 0.05) is 12.5 Å². The number of hydrogen-bond donors (Lipinski definition) is 0. The number of methoxy groups -OCH3 is 1. The number of esters is 1. The minimum Gasteiger partial charge on any atom is -0.469 e. The van der Waals surface area contributed by atoms with Gasteiger partial charge in [-0.25, -0.2) is 0 Å². The molecule has 0 amide bonds. The van der Waals surface area contributed by atoms with Gasteiger partial charge in [-0.1, -0.05) is 34.1 Å².